The molecule has 0 aromatic carbocycles. The fraction of sp³-hybridized carbons (Fsp3) is 0.438. The molecule has 1 aliphatic rings. The fourth-order valence-electron chi connectivity index (χ4n) is 2.09. The Labute approximate surface area is 118 Å². The van der Waals surface area contributed by atoms with Crippen LogP contribution in [0.15, 0.2) is 24.4 Å². The lowest BCUT2D eigenvalue weighted by atomic mass is 9.91. The first kappa shape index (κ1) is 14.6. The number of aliphatic hydroxyl groups is 1. The Morgan fingerprint density at radius 2 is 2.15 bits per heavy atom. The van der Waals surface area contributed by atoms with E-state index in [1.54, 1.807) is 6.20 Å². The zero-order chi connectivity index (χ0) is 15.0. The number of carbonyl (C=O) groups excluding carboxylic acids is 1. The van der Waals surface area contributed by atoms with Crippen molar-refractivity contribution in [3.05, 3.63) is 35.0 Å². The van der Waals surface area contributed by atoms with E-state index in [1.165, 1.54) is 4.57 Å². The average Bonchev–Trinajstić information content (AvgIpc) is 2.62. The number of allylic oxidation sites excluding steroid dienone is 1. The first-order chi connectivity index (χ1) is 9.24. The predicted octanol–water partition coefficient (Wildman–Crippen LogP) is 1.40. The third-order valence-corrected chi connectivity index (χ3v) is 3.11. The van der Waals surface area contributed by atoms with Crippen molar-refractivity contribution in [2.45, 2.75) is 33.3 Å². The number of carbonyl (C=O) groups is 1. The molecule has 1 N–H and O–H groups in total. The van der Waals surface area contributed by atoms with Crippen molar-refractivity contribution in [2.75, 3.05) is 6.61 Å². The maximum absolute atomic E-state index is 12.2. The topological polar surface area (TPSA) is 51.5 Å². The molecular formula is C16H21NO3. The lowest BCUT2D eigenvalue weighted by Gasteiger charge is -2.19. The first-order valence-corrected chi connectivity index (χ1v) is 6.68. The van der Waals surface area contributed by atoms with Crippen LogP contribution in [-0.2, 0) is 4.74 Å². The van der Waals surface area contributed by atoms with E-state index in [0.29, 0.717) is 0 Å². The van der Waals surface area contributed by atoms with Gasteiger partial charge in [-0.25, -0.2) is 4.79 Å². The summed E-state index contributed by atoms with van der Waals surface area (Å²) in [6, 6.07) is 1.86. The summed E-state index contributed by atoms with van der Waals surface area (Å²) in [6.45, 7) is 7.48. The second-order valence-electron chi connectivity index (χ2n) is 6.34. The van der Waals surface area contributed by atoms with E-state index in [1.807, 2.05) is 58.1 Å². The maximum atomic E-state index is 12.2. The van der Waals surface area contributed by atoms with Gasteiger partial charge in [-0.1, -0.05) is 25.2 Å². The number of nitrogens with zero attached hydrogens (tertiary/aromatic N) is 1. The second-order valence-corrected chi connectivity index (χ2v) is 6.34. The third-order valence-electron chi connectivity index (χ3n) is 3.11. The summed E-state index contributed by atoms with van der Waals surface area (Å²) >= 11 is 0. The number of hydrogen-bond acceptors (Lipinski definition) is 3. The van der Waals surface area contributed by atoms with Gasteiger partial charge in [0.05, 0.1) is 12.0 Å². The van der Waals surface area contributed by atoms with E-state index in [-0.39, 0.29) is 6.61 Å². The Kier molecular flexibility index (Phi) is 3.61. The van der Waals surface area contributed by atoms with Crippen LogP contribution in [0, 0.1) is 5.41 Å². The summed E-state index contributed by atoms with van der Waals surface area (Å²) in [6.07, 6.45) is 8.90. The molecule has 0 spiro atoms. The fourth-order valence-corrected chi connectivity index (χ4v) is 2.09. The Morgan fingerprint density at radius 3 is 2.75 bits per heavy atom. The highest BCUT2D eigenvalue weighted by Crippen LogP contribution is 2.20. The SMILES string of the molecule is CC1(CO)C=CC=c2c(ccn2C(=O)OC(C)(C)C)=C1. The van der Waals surface area contributed by atoms with Crippen molar-refractivity contribution in [3.63, 3.8) is 0 Å². The molecule has 0 aliphatic heterocycles. The van der Waals surface area contributed by atoms with Gasteiger partial charge in [-0.3, -0.25) is 4.57 Å². The van der Waals surface area contributed by atoms with Crippen LogP contribution in [-0.4, -0.2) is 28.0 Å². The smallest absolute Gasteiger partial charge is 0.418 e. The van der Waals surface area contributed by atoms with Crippen LogP contribution in [0.1, 0.15) is 27.7 Å². The van der Waals surface area contributed by atoms with Crippen LogP contribution < -0.4 is 10.6 Å². The molecule has 1 unspecified atom stereocenters. The second kappa shape index (κ2) is 4.94. The molecule has 4 heteroatoms. The highest BCUT2D eigenvalue weighted by molar-refractivity contribution is 5.72. The van der Waals surface area contributed by atoms with Gasteiger partial charge in [0.15, 0.2) is 0 Å². The summed E-state index contributed by atoms with van der Waals surface area (Å²) in [5.41, 5.74) is -0.944. The Hall–Kier alpha value is -1.81. The number of rotatable bonds is 1. The molecule has 20 heavy (non-hydrogen) atoms. The van der Waals surface area contributed by atoms with Gasteiger partial charge in [-0.2, -0.15) is 0 Å². The molecule has 1 aromatic rings. The van der Waals surface area contributed by atoms with Gasteiger partial charge in [0, 0.05) is 11.6 Å². The number of aromatic nitrogens is 1. The van der Waals surface area contributed by atoms with Crippen molar-refractivity contribution < 1.29 is 14.6 Å². The predicted molar refractivity (Wildman–Crippen MR) is 78.6 cm³/mol. The number of fused-ring (bicyclic) bond motifs is 1. The molecule has 2 rings (SSSR count). The van der Waals surface area contributed by atoms with Crippen LogP contribution in [0.25, 0.3) is 12.2 Å². The number of ether oxygens (including phenoxy) is 1. The van der Waals surface area contributed by atoms with Crippen LogP contribution in [0.4, 0.5) is 4.79 Å². The monoisotopic (exact) mass is 275 g/mol. The number of hydrogen-bond donors (Lipinski definition) is 1. The van der Waals surface area contributed by atoms with Crippen LogP contribution in [0.3, 0.4) is 0 Å². The number of aliphatic hydroxyl groups excluding tert-OH is 1. The molecule has 1 aliphatic carbocycles. The summed E-state index contributed by atoms with van der Waals surface area (Å²) < 4.78 is 6.87. The summed E-state index contributed by atoms with van der Waals surface area (Å²) in [4.78, 5) is 12.2. The molecule has 0 saturated carbocycles. The molecule has 1 atom stereocenters. The minimum atomic E-state index is -0.530. The third kappa shape index (κ3) is 3.02. The molecule has 0 fully saturated rings. The molecule has 4 nitrogen and oxygen atoms in total. The zero-order valence-electron chi connectivity index (χ0n) is 12.4. The normalized spacial score (nSPS) is 21.4. The molecule has 0 amide bonds. The Balaban J connectivity index is 2.48. The summed E-state index contributed by atoms with van der Waals surface area (Å²) in [7, 11) is 0. The van der Waals surface area contributed by atoms with Gasteiger partial charge in [-0.05, 0) is 38.1 Å². The lowest BCUT2D eigenvalue weighted by Crippen LogP contribution is -2.37. The minimum absolute atomic E-state index is 0.0222. The molecular weight excluding hydrogens is 254 g/mol. The van der Waals surface area contributed by atoms with Gasteiger partial charge >= 0.3 is 6.09 Å². The Morgan fingerprint density at radius 1 is 1.45 bits per heavy atom. The van der Waals surface area contributed by atoms with Gasteiger partial charge in [0.25, 0.3) is 0 Å². The standard InChI is InChI=1S/C16H21NO3/c1-15(2,3)20-14(19)17-9-7-12-10-16(4,11-18)8-5-6-13(12)17/h5-10,18H,11H2,1-4H3. The molecule has 1 heterocycles. The van der Waals surface area contributed by atoms with E-state index in [4.69, 9.17) is 4.74 Å². The van der Waals surface area contributed by atoms with Crippen LogP contribution >= 0.6 is 0 Å². The average molecular weight is 275 g/mol. The lowest BCUT2D eigenvalue weighted by molar-refractivity contribution is 0.0532. The molecule has 108 valence electrons. The van der Waals surface area contributed by atoms with E-state index in [2.05, 4.69) is 0 Å². The van der Waals surface area contributed by atoms with Gasteiger partial charge < -0.3 is 9.84 Å². The highest BCUT2D eigenvalue weighted by atomic mass is 16.6. The quantitative estimate of drug-likeness (QED) is 0.843. The van der Waals surface area contributed by atoms with Gasteiger partial charge in [0.1, 0.15) is 5.60 Å². The molecule has 1 aromatic heterocycles. The van der Waals surface area contributed by atoms with E-state index < -0.39 is 17.1 Å². The zero-order valence-corrected chi connectivity index (χ0v) is 12.4. The first-order valence-electron chi connectivity index (χ1n) is 6.68. The maximum Gasteiger partial charge on any atom is 0.418 e. The summed E-state index contributed by atoms with van der Waals surface area (Å²) in [5, 5.41) is 11.2. The van der Waals surface area contributed by atoms with Crippen molar-refractivity contribution >= 4 is 18.2 Å². The van der Waals surface area contributed by atoms with Crippen LogP contribution in [0.5, 0.6) is 0 Å². The van der Waals surface area contributed by atoms with E-state index in [0.717, 1.165) is 10.6 Å². The van der Waals surface area contributed by atoms with Crippen molar-refractivity contribution in [1.29, 1.82) is 0 Å². The minimum Gasteiger partial charge on any atom is -0.443 e. The molecule has 0 radical (unpaired) electrons. The van der Waals surface area contributed by atoms with E-state index >= 15 is 0 Å². The largest absolute Gasteiger partial charge is 0.443 e. The van der Waals surface area contributed by atoms with Crippen LogP contribution in [0.2, 0.25) is 0 Å². The molecule has 0 saturated heterocycles. The van der Waals surface area contributed by atoms with Gasteiger partial charge in [-0.15, -0.1) is 0 Å². The van der Waals surface area contributed by atoms with Crippen molar-refractivity contribution in [1.82, 2.24) is 4.57 Å². The Bertz CT molecular complexity index is 661. The molecule has 0 bridgehead atoms. The van der Waals surface area contributed by atoms with Crippen molar-refractivity contribution in [2.24, 2.45) is 5.41 Å². The highest BCUT2D eigenvalue weighted by Gasteiger charge is 2.20. The van der Waals surface area contributed by atoms with E-state index in [9.17, 15) is 9.90 Å². The van der Waals surface area contributed by atoms with Crippen molar-refractivity contribution in [3.8, 4) is 0 Å². The van der Waals surface area contributed by atoms with Gasteiger partial charge in [0.2, 0.25) is 0 Å². The summed E-state index contributed by atoms with van der Waals surface area (Å²) in [5.74, 6) is 0.